The van der Waals surface area contributed by atoms with Crippen molar-refractivity contribution in [1.82, 2.24) is 9.03 Å². The highest BCUT2D eigenvalue weighted by molar-refractivity contribution is 7.87. The maximum absolute atomic E-state index is 12.1. The molecule has 122 valence electrons. The van der Waals surface area contributed by atoms with Crippen molar-refractivity contribution in [2.45, 2.75) is 31.9 Å². The number of hydrogen-bond donors (Lipinski definition) is 2. The van der Waals surface area contributed by atoms with E-state index < -0.39 is 40.8 Å². The van der Waals surface area contributed by atoms with Crippen molar-refractivity contribution in [2.24, 2.45) is 0 Å². The molecule has 1 aliphatic heterocycles. The van der Waals surface area contributed by atoms with Gasteiger partial charge in [-0.3, -0.25) is 4.79 Å². The molecule has 0 bridgehead atoms. The number of nitrogens with zero attached hydrogens (tertiary/aromatic N) is 1. The van der Waals surface area contributed by atoms with Gasteiger partial charge in [-0.25, -0.2) is 4.79 Å². The molecule has 21 heavy (non-hydrogen) atoms. The van der Waals surface area contributed by atoms with E-state index in [0.29, 0.717) is 12.8 Å². The minimum Gasteiger partial charge on any atom is -0.467 e. The third-order valence-corrected chi connectivity index (χ3v) is 4.59. The lowest BCUT2D eigenvalue weighted by molar-refractivity contribution is -0.150. The monoisotopic (exact) mass is 324 g/mol. The molecule has 0 aliphatic carbocycles. The normalized spacial score (nSPS) is 21.0. The molecule has 1 rings (SSSR count). The number of aliphatic hydroxyl groups excluding tert-OH is 1. The van der Waals surface area contributed by atoms with Crippen LogP contribution < -0.4 is 4.72 Å². The summed E-state index contributed by atoms with van der Waals surface area (Å²) in [7, 11) is -2.91. The fourth-order valence-corrected chi connectivity index (χ4v) is 3.42. The standard InChI is InChI=1S/C11H20N2O7S/c1-3-20-10(15)8-5-4-6-13(8)21(17,18)12-7-9(14)11(16)19-2/h8-9,12,14H,3-7H2,1-2H3. The summed E-state index contributed by atoms with van der Waals surface area (Å²) in [5, 5.41) is 9.37. The quantitative estimate of drug-likeness (QED) is 0.540. The van der Waals surface area contributed by atoms with Crippen molar-refractivity contribution >= 4 is 22.1 Å². The van der Waals surface area contributed by atoms with Crippen LogP contribution >= 0.6 is 0 Å². The maximum Gasteiger partial charge on any atom is 0.336 e. The van der Waals surface area contributed by atoms with Crippen molar-refractivity contribution in [2.75, 3.05) is 26.8 Å². The van der Waals surface area contributed by atoms with Crippen LogP contribution in [0, 0.1) is 0 Å². The summed E-state index contributed by atoms with van der Waals surface area (Å²) in [5.41, 5.74) is 0. The molecule has 1 aliphatic rings. The molecule has 2 N–H and O–H groups in total. The predicted octanol–water partition coefficient (Wildman–Crippen LogP) is -1.62. The first-order chi connectivity index (χ1) is 9.83. The number of aliphatic hydroxyl groups is 1. The lowest BCUT2D eigenvalue weighted by Crippen LogP contribution is -2.49. The lowest BCUT2D eigenvalue weighted by Gasteiger charge is -2.23. The fourth-order valence-electron chi connectivity index (χ4n) is 1.99. The van der Waals surface area contributed by atoms with Crippen LogP contribution in [0.4, 0.5) is 0 Å². The SMILES string of the molecule is CCOC(=O)C1CCCN1S(=O)(=O)NCC(O)C(=O)OC. The molecule has 0 aromatic rings. The van der Waals surface area contributed by atoms with Crippen LogP contribution in [0.1, 0.15) is 19.8 Å². The molecule has 1 fully saturated rings. The van der Waals surface area contributed by atoms with Gasteiger partial charge in [0.1, 0.15) is 6.04 Å². The third kappa shape index (κ3) is 4.63. The molecule has 2 atom stereocenters. The number of methoxy groups -OCH3 is 1. The molecule has 9 nitrogen and oxygen atoms in total. The number of carbonyl (C=O) groups is 2. The zero-order chi connectivity index (χ0) is 16.0. The Morgan fingerprint density at radius 1 is 1.48 bits per heavy atom. The molecule has 10 heteroatoms. The summed E-state index contributed by atoms with van der Waals surface area (Å²) >= 11 is 0. The molecule has 0 aromatic heterocycles. The average molecular weight is 324 g/mol. The van der Waals surface area contributed by atoms with E-state index in [1.807, 2.05) is 0 Å². The minimum absolute atomic E-state index is 0.164. The van der Waals surface area contributed by atoms with Gasteiger partial charge in [-0.1, -0.05) is 0 Å². The molecule has 2 unspecified atom stereocenters. The van der Waals surface area contributed by atoms with Crippen molar-refractivity contribution in [3.63, 3.8) is 0 Å². The van der Waals surface area contributed by atoms with Gasteiger partial charge in [-0.15, -0.1) is 0 Å². The van der Waals surface area contributed by atoms with E-state index >= 15 is 0 Å². The van der Waals surface area contributed by atoms with Gasteiger partial charge in [-0.05, 0) is 19.8 Å². The second-order valence-electron chi connectivity index (χ2n) is 4.41. The van der Waals surface area contributed by atoms with Gasteiger partial charge < -0.3 is 14.6 Å². The van der Waals surface area contributed by atoms with Gasteiger partial charge in [0, 0.05) is 13.1 Å². The molecule has 0 amide bonds. The van der Waals surface area contributed by atoms with Crippen molar-refractivity contribution in [3.8, 4) is 0 Å². The van der Waals surface area contributed by atoms with E-state index in [-0.39, 0.29) is 13.2 Å². The Morgan fingerprint density at radius 2 is 2.14 bits per heavy atom. The van der Waals surface area contributed by atoms with E-state index in [9.17, 15) is 23.1 Å². The predicted molar refractivity (Wildman–Crippen MR) is 71.3 cm³/mol. The summed E-state index contributed by atoms with van der Waals surface area (Å²) in [6.07, 6.45) is -0.697. The van der Waals surface area contributed by atoms with Crippen molar-refractivity contribution in [1.29, 1.82) is 0 Å². The summed E-state index contributed by atoms with van der Waals surface area (Å²) in [5.74, 6) is -1.55. The Morgan fingerprint density at radius 3 is 2.71 bits per heavy atom. The minimum atomic E-state index is -3.99. The average Bonchev–Trinajstić information content (AvgIpc) is 2.94. The number of carbonyl (C=O) groups excluding carboxylic acids is 2. The van der Waals surface area contributed by atoms with Gasteiger partial charge in [0.05, 0.1) is 13.7 Å². The first kappa shape index (κ1) is 17.8. The summed E-state index contributed by atoms with van der Waals surface area (Å²) < 4.78 is 36.4. The van der Waals surface area contributed by atoms with Crippen LogP contribution in [0.15, 0.2) is 0 Å². The molecule has 0 aromatic carbocycles. The zero-order valence-corrected chi connectivity index (χ0v) is 12.8. The highest BCUT2D eigenvalue weighted by Gasteiger charge is 2.39. The van der Waals surface area contributed by atoms with Gasteiger partial charge >= 0.3 is 11.9 Å². The largest absolute Gasteiger partial charge is 0.467 e. The molecular weight excluding hydrogens is 304 g/mol. The van der Waals surface area contributed by atoms with E-state index in [1.165, 1.54) is 0 Å². The van der Waals surface area contributed by atoms with Crippen LogP contribution in [-0.2, 0) is 29.3 Å². The topological polar surface area (TPSA) is 122 Å². The molecular formula is C11H20N2O7S. The Bertz CT molecular complexity index is 479. The van der Waals surface area contributed by atoms with Crippen LogP contribution in [0.25, 0.3) is 0 Å². The Labute approximate surface area is 123 Å². The molecule has 0 saturated carbocycles. The Hall–Kier alpha value is -1.23. The van der Waals surface area contributed by atoms with E-state index in [1.54, 1.807) is 6.92 Å². The highest BCUT2D eigenvalue weighted by atomic mass is 32.2. The number of rotatable bonds is 7. The van der Waals surface area contributed by atoms with Crippen LogP contribution in [0.3, 0.4) is 0 Å². The Balaban J connectivity index is 2.68. The van der Waals surface area contributed by atoms with E-state index in [0.717, 1.165) is 11.4 Å². The van der Waals surface area contributed by atoms with Crippen LogP contribution in [-0.4, -0.2) is 68.7 Å². The van der Waals surface area contributed by atoms with E-state index in [2.05, 4.69) is 9.46 Å². The molecule has 1 saturated heterocycles. The first-order valence-corrected chi connectivity index (χ1v) is 7.96. The number of esters is 2. The second kappa shape index (κ2) is 7.69. The molecule has 0 spiro atoms. The highest BCUT2D eigenvalue weighted by Crippen LogP contribution is 2.21. The third-order valence-electron chi connectivity index (χ3n) is 3.00. The second-order valence-corrected chi connectivity index (χ2v) is 6.12. The van der Waals surface area contributed by atoms with Gasteiger partial charge in [0.25, 0.3) is 10.2 Å². The number of hydrogen-bond acceptors (Lipinski definition) is 7. The zero-order valence-electron chi connectivity index (χ0n) is 11.9. The summed E-state index contributed by atoms with van der Waals surface area (Å²) in [6, 6.07) is -0.877. The van der Waals surface area contributed by atoms with Gasteiger partial charge in [0.2, 0.25) is 0 Å². The van der Waals surface area contributed by atoms with Crippen molar-refractivity contribution in [3.05, 3.63) is 0 Å². The van der Waals surface area contributed by atoms with Gasteiger partial charge in [-0.2, -0.15) is 17.4 Å². The summed E-state index contributed by atoms with van der Waals surface area (Å²) in [4.78, 5) is 22.7. The maximum atomic E-state index is 12.1. The molecule has 0 radical (unpaired) electrons. The number of nitrogens with one attached hydrogen (secondary N) is 1. The number of ether oxygens (including phenoxy) is 2. The van der Waals surface area contributed by atoms with Crippen LogP contribution in [0.2, 0.25) is 0 Å². The fraction of sp³-hybridized carbons (Fsp3) is 0.818. The lowest BCUT2D eigenvalue weighted by atomic mass is 10.2. The summed E-state index contributed by atoms with van der Waals surface area (Å²) in [6.45, 7) is 1.45. The van der Waals surface area contributed by atoms with E-state index in [4.69, 9.17) is 4.74 Å². The van der Waals surface area contributed by atoms with Gasteiger partial charge in [0.15, 0.2) is 6.10 Å². The molecule has 1 heterocycles. The van der Waals surface area contributed by atoms with Crippen molar-refractivity contribution < 1.29 is 32.6 Å². The smallest absolute Gasteiger partial charge is 0.336 e. The Kier molecular flexibility index (Phi) is 6.52. The van der Waals surface area contributed by atoms with Crippen LogP contribution in [0.5, 0.6) is 0 Å². The first-order valence-electron chi connectivity index (χ1n) is 6.52.